The highest BCUT2D eigenvalue weighted by Crippen LogP contribution is 2.37. The zero-order chi connectivity index (χ0) is 15.1. The third-order valence-corrected chi connectivity index (χ3v) is 4.99. The molecule has 0 unspecified atom stereocenters. The quantitative estimate of drug-likeness (QED) is 0.679. The Labute approximate surface area is 131 Å². The highest BCUT2D eigenvalue weighted by Gasteiger charge is 2.21. The first-order valence-electron chi connectivity index (χ1n) is 6.98. The van der Waals surface area contributed by atoms with Crippen molar-refractivity contribution in [1.82, 2.24) is 9.97 Å². The number of fused-ring (bicyclic) bond motifs is 2. The van der Waals surface area contributed by atoms with Crippen molar-refractivity contribution >= 4 is 34.4 Å². The van der Waals surface area contributed by atoms with Gasteiger partial charge in [-0.15, -0.1) is 11.8 Å². The van der Waals surface area contributed by atoms with Gasteiger partial charge in [-0.3, -0.25) is 4.79 Å². The van der Waals surface area contributed by atoms with Gasteiger partial charge in [0.1, 0.15) is 5.65 Å². The summed E-state index contributed by atoms with van der Waals surface area (Å²) in [6.45, 7) is 0. The number of carbonyl (C=O) groups excluding carboxylic acids is 1. The number of anilines is 1. The lowest BCUT2D eigenvalue weighted by Crippen LogP contribution is -2.13. The van der Waals surface area contributed by atoms with Gasteiger partial charge in [0.15, 0.2) is 0 Å². The van der Waals surface area contributed by atoms with Crippen molar-refractivity contribution in [1.29, 1.82) is 0 Å². The first kappa shape index (κ1) is 13.4. The second-order valence-electron chi connectivity index (χ2n) is 5.22. The van der Waals surface area contributed by atoms with E-state index in [1.807, 2.05) is 24.3 Å². The Hall–Kier alpha value is -2.31. The average molecular weight is 310 g/mol. The molecular weight excluding hydrogens is 296 g/mol. The van der Waals surface area contributed by atoms with E-state index in [0.29, 0.717) is 5.56 Å². The van der Waals surface area contributed by atoms with Crippen molar-refractivity contribution in [2.45, 2.75) is 10.9 Å². The number of thioether (sulfide) groups is 1. The fraction of sp³-hybridized carbons (Fsp3) is 0.125. The minimum atomic E-state index is -0.127. The first-order valence-corrected chi connectivity index (χ1v) is 7.97. The number of rotatable bonds is 2. The fourth-order valence-corrected chi connectivity index (χ4v) is 3.78. The van der Waals surface area contributed by atoms with Crippen molar-refractivity contribution in [2.75, 3.05) is 11.1 Å². The largest absolute Gasteiger partial charge is 0.346 e. The SMILES string of the molecule is N[C@@H]1CSc2cc(C(=O)Nc3ccnc4[nH]ccc34)ccc21. The third-order valence-electron chi connectivity index (χ3n) is 3.80. The number of benzene rings is 1. The summed E-state index contributed by atoms with van der Waals surface area (Å²) in [7, 11) is 0. The van der Waals surface area contributed by atoms with Crippen molar-refractivity contribution in [2.24, 2.45) is 5.73 Å². The third kappa shape index (κ3) is 2.17. The zero-order valence-electron chi connectivity index (χ0n) is 11.7. The maximum absolute atomic E-state index is 12.5. The minimum absolute atomic E-state index is 0.0665. The summed E-state index contributed by atoms with van der Waals surface area (Å²) in [5.74, 6) is 0.743. The second kappa shape index (κ2) is 5.15. The number of hydrogen-bond acceptors (Lipinski definition) is 4. The van der Waals surface area contributed by atoms with Crippen LogP contribution in [0.1, 0.15) is 22.0 Å². The Morgan fingerprint density at radius 1 is 1.36 bits per heavy atom. The molecule has 6 heteroatoms. The van der Waals surface area contributed by atoms with Gasteiger partial charge in [0, 0.05) is 40.0 Å². The summed E-state index contributed by atoms with van der Waals surface area (Å²) in [4.78, 5) is 20.8. The summed E-state index contributed by atoms with van der Waals surface area (Å²) >= 11 is 1.70. The number of nitrogens with two attached hydrogens (primary N) is 1. The summed E-state index contributed by atoms with van der Waals surface area (Å²) < 4.78 is 0. The van der Waals surface area contributed by atoms with Crippen LogP contribution < -0.4 is 11.1 Å². The van der Waals surface area contributed by atoms with Crippen LogP contribution in [0.25, 0.3) is 11.0 Å². The molecule has 1 amide bonds. The van der Waals surface area contributed by atoms with Gasteiger partial charge in [-0.05, 0) is 29.8 Å². The molecule has 0 radical (unpaired) electrons. The lowest BCUT2D eigenvalue weighted by molar-refractivity contribution is 0.102. The van der Waals surface area contributed by atoms with Crippen LogP contribution in [0.2, 0.25) is 0 Å². The molecule has 1 aromatic carbocycles. The standard InChI is InChI=1S/C16H14N4OS/c17-12-8-22-14-7-9(1-2-10(12)14)16(21)20-13-4-6-19-15-11(13)3-5-18-15/h1-7,12H,8,17H2,(H2,18,19,20,21)/t12-/m1/s1. The van der Waals surface area contributed by atoms with Gasteiger partial charge >= 0.3 is 0 Å². The monoisotopic (exact) mass is 310 g/mol. The number of aromatic amines is 1. The van der Waals surface area contributed by atoms with Crippen molar-refractivity contribution in [3.05, 3.63) is 53.9 Å². The molecule has 2 aromatic heterocycles. The number of carbonyl (C=O) groups is 1. The normalized spacial score (nSPS) is 16.7. The average Bonchev–Trinajstić information content (AvgIpc) is 3.14. The van der Waals surface area contributed by atoms with Crippen molar-refractivity contribution in [3.8, 4) is 0 Å². The van der Waals surface area contributed by atoms with E-state index in [0.717, 1.165) is 32.9 Å². The Balaban J connectivity index is 1.64. The molecule has 110 valence electrons. The molecule has 0 fully saturated rings. The predicted octanol–water partition coefficient (Wildman–Crippen LogP) is 2.92. The molecule has 4 N–H and O–H groups in total. The summed E-state index contributed by atoms with van der Waals surface area (Å²) in [6, 6.07) is 9.46. The molecule has 0 bridgehead atoms. The van der Waals surface area contributed by atoms with Gasteiger partial charge < -0.3 is 16.0 Å². The molecule has 5 nitrogen and oxygen atoms in total. The molecule has 22 heavy (non-hydrogen) atoms. The maximum Gasteiger partial charge on any atom is 0.255 e. The van der Waals surface area contributed by atoms with Crippen LogP contribution in [-0.4, -0.2) is 21.6 Å². The van der Waals surface area contributed by atoms with Crippen molar-refractivity contribution in [3.63, 3.8) is 0 Å². The second-order valence-corrected chi connectivity index (χ2v) is 6.28. The number of H-pyrrole nitrogens is 1. The van der Waals surface area contributed by atoms with Crippen LogP contribution in [-0.2, 0) is 0 Å². The molecule has 0 saturated carbocycles. The molecule has 0 saturated heterocycles. The molecule has 1 aliphatic rings. The minimum Gasteiger partial charge on any atom is -0.346 e. The predicted molar refractivity (Wildman–Crippen MR) is 88.1 cm³/mol. The lowest BCUT2D eigenvalue weighted by atomic mass is 10.1. The van der Waals surface area contributed by atoms with E-state index in [1.54, 1.807) is 30.2 Å². The Morgan fingerprint density at radius 3 is 3.18 bits per heavy atom. The van der Waals surface area contributed by atoms with E-state index in [1.165, 1.54) is 0 Å². The van der Waals surface area contributed by atoms with E-state index in [-0.39, 0.29) is 11.9 Å². The Bertz CT molecular complexity index is 873. The maximum atomic E-state index is 12.5. The zero-order valence-corrected chi connectivity index (χ0v) is 12.5. The van der Waals surface area contributed by atoms with E-state index >= 15 is 0 Å². The molecule has 0 aliphatic carbocycles. The van der Waals surface area contributed by atoms with Gasteiger partial charge in [0.05, 0.1) is 5.69 Å². The topological polar surface area (TPSA) is 83.8 Å². The molecule has 1 aliphatic heterocycles. The summed E-state index contributed by atoms with van der Waals surface area (Å²) in [6.07, 6.45) is 3.48. The molecular formula is C16H14N4OS. The van der Waals surface area contributed by atoms with Gasteiger partial charge in [-0.1, -0.05) is 6.07 Å². The molecule has 3 heterocycles. The number of nitrogens with one attached hydrogen (secondary N) is 2. The highest BCUT2D eigenvalue weighted by molar-refractivity contribution is 7.99. The number of pyridine rings is 1. The van der Waals surface area contributed by atoms with Gasteiger partial charge in [-0.2, -0.15) is 0 Å². The van der Waals surface area contributed by atoms with Crippen LogP contribution in [0.5, 0.6) is 0 Å². The van der Waals surface area contributed by atoms with E-state index in [2.05, 4.69) is 15.3 Å². The first-order chi connectivity index (χ1) is 10.7. The highest BCUT2D eigenvalue weighted by atomic mass is 32.2. The summed E-state index contributed by atoms with van der Waals surface area (Å²) in [5, 5.41) is 3.85. The van der Waals surface area contributed by atoms with E-state index < -0.39 is 0 Å². The smallest absolute Gasteiger partial charge is 0.255 e. The number of aromatic nitrogens is 2. The fourth-order valence-electron chi connectivity index (χ4n) is 2.64. The summed E-state index contributed by atoms with van der Waals surface area (Å²) in [5.41, 5.74) is 9.29. The Kier molecular flexibility index (Phi) is 3.13. The van der Waals surface area contributed by atoms with Gasteiger partial charge in [0.25, 0.3) is 5.91 Å². The number of amides is 1. The van der Waals surface area contributed by atoms with Crippen LogP contribution in [0.15, 0.2) is 47.6 Å². The molecule has 0 spiro atoms. The molecule has 4 rings (SSSR count). The van der Waals surface area contributed by atoms with Crippen LogP contribution in [0.4, 0.5) is 5.69 Å². The molecule has 3 aromatic rings. The van der Waals surface area contributed by atoms with Crippen LogP contribution in [0, 0.1) is 0 Å². The van der Waals surface area contributed by atoms with E-state index in [9.17, 15) is 4.79 Å². The van der Waals surface area contributed by atoms with Crippen LogP contribution in [0.3, 0.4) is 0 Å². The lowest BCUT2D eigenvalue weighted by Gasteiger charge is -2.08. The van der Waals surface area contributed by atoms with Crippen LogP contribution >= 0.6 is 11.8 Å². The Morgan fingerprint density at radius 2 is 2.27 bits per heavy atom. The van der Waals surface area contributed by atoms with E-state index in [4.69, 9.17) is 5.73 Å². The molecule has 1 atom stereocenters. The van der Waals surface area contributed by atoms with Crippen molar-refractivity contribution < 1.29 is 4.79 Å². The number of nitrogens with zero attached hydrogens (tertiary/aromatic N) is 1. The van der Waals surface area contributed by atoms with Gasteiger partial charge in [-0.25, -0.2) is 4.98 Å². The number of hydrogen-bond donors (Lipinski definition) is 3. The van der Waals surface area contributed by atoms with Gasteiger partial charge in [0.2, 0.25) is 0 Å².